The molecule has 0 bridgehead atoms. The molecule has 0 spiro atoms. The largest absolute Gasteiger partial charge is 0.444 e. The molecule has 3 aromatic rings. The maximum atomic E-state index is 13.3. The molecule has 0 unspecified atom stereocenters. The SMILES string of the molecule is CC(C)(C)OC(=O)N1CCC[C@H]1c1ncc(C#Cc2ccc(-c3cnc([C@@H]4CCCN4C(=O)OC(C)(C)C)n3COCC[Si](C)(C)C)cc2)n1COCC[Si](C)(C)C. The Labute approximate surface area is 349 Å². The predicted molar refractivity (Wildman–Crippen MR) is 234 cm³/mol. The van der Waals surface area contributed by atoms with Crippen LogP contribution in [0.5, 0.6) is 0 Å². The van der Waals surface area contributed by atoms with Gasteiger partial charge in [0.15, 0.2) is 0 Å². The fourth-order valence-corrected chi connectivity index (χ4v) is 8.50. The number of ether oxygens (including phenoxy) is 4. The molecule has 318 valence electrons. The van der Waals surface area contributed by atoms with E-state index in [1.165, 1.54) is 0 Å². The third-order valence-corrected chi connectivity index (χ3v) is 13.5. The first kappa shape index (κ1) is 45.2. The number of imidazole rings is 2. The number of likely N-dealkylation sites (tertiary alicyclic amines) is 2. The van der Waals surface area contributed by atoms with Crippen LogP contribution in [0, 0.1) is 11.8 Å². The van der Waals surface area contributed by atoms with Crippen LogP contribution in [0.4, 0.5) is 9.59 Å². The van der Waals surface area contributed by atoms with Crippen molar-refractivity contribution in [2.24, 2.45) is 0 Å². The lowest BCUT2D eigenvalue weighted by atomic mass is 10.1. The molecule has 58 heavy (non-hydrogen) atoms. The van der Waals surface area contributed by atoms with Crippen LogP contribution in [0.1, 0.15) is 102 Å². The Hall–Kier alpha value is -3.91. The average molecular weight is 833 g/mol. The molecule has 5 rings (SSSR count). The molecule has 1 aromatic carbocycles. The summed E-state index contributed by atoms with van der Waals surface area (Å²) < 4.78 is 28.2. The van der Waals surface area contributed by atoms with Gasteiger partial charge in [-0.05, 0) is 103 Å². The molecule has 0 N–H and O–H groups in total. The van der Waals surface area contributed by atoms with Crippen molar-refractivity contribution in [2.75, 3.05) is 26.3 Å². The molecule has 2 fully saturated rings. The van der Waals surface area contributed by atoms with E-state index in [2.05, 4.69) is 67.8 Å². The van der Waals surface area contributed by atoms with Crippen LogP contribution in [-0.4, -0.2) is 94.7 Å². The predicted octanol–water partition coefficient (Wildman–Crippen LogP) is 9.91. The van der Waals surface area contributed by atoms with Crippen molar-refractivity contribution in [3.8, 4) is 23.1 Å². The Kier molecular flexibility index (Phi) is 14.5. The number of hydrogen-bond acceptors (Lipinski definition) is 8. The molecule has 2 aliphatic heterocycles. The lowest BCUT2D eigenvalue weighted by Crippen LogP contribution is -2.37. The number of hydrogen-bond donors (Lipinski definition) is 0. The van der Waals surface area contributed by atoms with Crippen LogP contribution in [0.2, 0.25) is 51.4 Å². The molecule has 2 atom stereocenters. The van der Waals surface area contributed by atoms with Gasteiger partial charge in [0.25, 0.3) is 0 Å². The van der Waals surface area contributed by atoms with Gasteiger partial charge in [0.1, 0.15) is 42.0 Å². The third-order valence-electron chi connectivity index (χ3n) is 10.1. The van der Waals surface area contributed by atoms with Gasteiger partial charge in [-0.1, -0.05) is 57.3 Å². The molecular formula is C44H68N6O6Si2. The Balaban J connectivity index is 1.41. The zero-order valence-electron chi connectivity index (χ0n) is 37.2. The summed E-state index contributed by atoms with van der Waals surface area (Å²) in [6.07, 6.45) is 6.38. The molecular weight excluding hydrogens is 765 g/mol. The van der Waals surface area contributed by atoms with Gasteiger partial charge in [-0.2, -0.15) is 0 Å². The number of carbonyl (C=O) groups excluding carboxylic acids is 2. The van der Waals surface area contributed by atoms with E-state index < -0.39 is 27.3 Å². The fourth-order valence-electron chi connectivity index (χ4n) is 6.99. The van der Waals surface area contributed by atoms with Crippen molar-refractivity contribution in [3.05, 3.63) is 59.6 Å². The van der Waals surface area contributed by atoms with E-state index in [-0.39, 0.29) is 24.3 Å². The summed E-state index contributed by atoms with van der Waals surface area (Å²) in [6.45, 7) is 28.6. The number of carbonyl (C=O) groups is 2. The second-order valence-electron chi connectivity index (χ2n) is 20.0. The minimum absolute atomic E-state index is 0.205. The molecule has 14 heteroatoms. The van der Waals surface area contributed by atoms with E-state index in [0.717, 1.165) is 71.9 Å². The quantitative estimate of drug-likeness (QED) is 0.0951. The molecule has 0 saturated carbocycles. The standard InChI is InChI=1S/C44H68N6O6Si2/c1-43(2,3)55-41(51)47-23-13-15-36(47)39-45-29-35(49(39)31-53-25-27-57(7,8)9)22-19-33-17-20-34(21-18-33)38-30-46-40(50(38)32-54-26-28-58(10,11)12)37-16-14-24-48(37)42(52)56-44(4,5)6/h17-18,20-21,29-30,36-37H,13-16,23-28,31-32H2,1-12H3/t36-,37-/m0/s1. The van der Waals surface area contributed by atoms with Crippen LogP contribution >= 0.6 is 0 Å². The smallest absolute Gasteiger partial charge is 0.410 e. The summed E-state index contributed by atoms with van der Waals surface area (Å²) in [5.74, 6) is 8.29. The van der Waals surface area contributed by atoms with Crippen molar-refractivity contribution >= 4 is 28.3 Å². The molecule has 12 nitrogen and oxygen atoms in total. The van der Waals surface area contributed by atoms with E-state index in [4.69, 9.17) is 28.9 Å². The van der Waals surface area contributed by atoms with Crippen molar-refractivity contribution in [1.29, 1.82) is 0 Å². The molecule has 2 saturated heterocycles. The highest BCUT2D eigenvalue weighted by Gasteiger charge is 2.38. The van der Waals surface area contributed by atoms with Crippen LogP contribution in [0.3, 0.4) is 0 Å². The van der Waals surface area contributed by atoms with Gasteiger partial charge in [-0.15, -0.1) is 0 Å². The summed E-state index contributed by atoms with van der Waals surface area (Å²) in [4.78, 5) is 39.9. The second-order valence-corrected chi connectivity index (χ2v) is 31.3. The number of benzene rings is 1. The van der Waals surface area contributed by atoms with Crippen molar-refractivity contribution in [2.45, 2.75) is 155 Å². The summed E-state index contributed by atoms with van der Waals surface area (Å²) in [7, 11) is -2.58. The highest BCUT2D eigenvalue weighted by molar-refractivity contribution is 6.76. The molecule has 2 amide bonds. The van der Waals surface area contributed by atoms with Gasteiger partial charge in [-0.25, -0.2) is 19.6 Å². The second kappa shape index (κ2) is 18.6. The van der Waals surface area contributed by atoms with Crippen LogP contribution in [-0.2, 0) is 32.4 Å². The first-order chi connectivity index (χ1) is 27.1. The monoisotopic (exact) mass is 832 g/mol. The average Bonchev–Trinajstić information content (AvgIpc) is 3.91. The van der Waals surface area contributed by atoms with Crippen molar-refractivity contribution in [1.82, 2.24) is 28.9 Å². The van der Waals surface area contributed by atoms with Crippen LogP contribution < -0.4 is 0 Å². The highest BCUT2D eigenvalue weighted by atomic mass is 28.3. The number of rotatable bonds is 13. The zero-order chi connectivity index (χ0) is 42.5. The van der Waals surface area contributed by atoms with Gasteiger partial charge in [0.2, 0.25) is 0 Å². The Morgan fingerprint density at radius 2 is 1.16 bits per heavy atom. The zero-order valence-corrected chi connectivity index (χ0v) is 39.2. The fraction of sp³-hybridized carbons (Fsp3) is 0.636. The van der Waals surface area contributed by atoms with E-state index in [1.807, 2.05) is 69.3 Å². The molecule has 0 aliphatic carbocycles. The van der Waals surface area contributed by atoms with Crippen LogP contribution in [0.15, 0.2) is 36.7 Å². The maximum absolute atomic E-state index is 13.3. The van der Waals surface area contributed by atoms with Crippen molar-refractivity contribution < 1.29 is 28.5 Å². The minimum atomic E-state index is -1.29. The first-order valence-corrected chi connectivity index (χ1v) is 28.4. The minimum Gasteiger partial charge on any atom is -0.444 e. The highest BCUT2D eigenvalue weighted by Crippen LogP contribution is 2.36. The topological polar surface area (TPSA) is 113 Å². The van der Waals surface area contributed by atoms with Gasteiger partial charge in [0, 0.05) is 48.0 Å². The summed E-state index contributed by atoms with van der Waals surface area (Å²) in [6, 6.07) is 9.82. The first-order valence-electron chi connectivity index (χ1n) is 21.0. The number of nitrogens with zero attached hydrogens (tertiary/aromatic N) is 6. The van der Waals surface area contributed by atoms with Gasteiger partial charge in [0.05, 0.1) is 30.2 Å². The number of aromatic nitrogens is 4. The molecule has 0 radical (unpaired) electrons. The van der Waals surface area contributed by atoms with Crippen LogP contribution in [0.25, 0.3) is 11.3 Å². The van der Waals surface area contributed by atoms with E-state index >= 15 is 0 Å². The number of amides is 2. The van der Waals surface area contributed by atoms with Crippen molar-refractivity contribution in [3.63, 3.8) is 0 Å². The van der Waals surface area contributed by atoms with Gasteiger partial charge in [-0.3, -0.25) is 14.4 Å². The Morgan fingerprint density at radius 1 is 0.690 bits per heavy atom. The third kappa shape index (κ3) is 12.8. The molecule has 4 heterocycles. The Morgan fingerprint density at radius 3 is 1.64 bits per heavy atom. The van der Waals surface area contributed by atoms with Gasteiger partial charge < -0.3 is 23.5 Å². The summed E-state index contributed by atoms with van der Waals surface area (Å²) >= 11 is 0. The lowest BCUT2D eigenvalue weighted by molar-refractivity contribution is 0.0195. The Bertz CT molecular complexity index is 1920. The maximum Gasteiger partial charge on any atom is 0.410 e. The van der Waals surface area contributed by atoms with E-state index in [0.29, 0.717) is 39.8 Å². The van der Waals surface area contributed by atoms with Gasteiger partial charge >= 0.3 is 12.2 Å². The summed E-state index contributed by atoms with van der Waals surface area (Å²) in [5.41, 5.74) is 2.30. The molecule has 2 aromatic heterocycles. The lowest BCUT2D eigenvalue weighted by Gasteiger charge is -2.29. The van der Waals surface area contributed by atoms with E-state index in [9.17, 15) is 9.59 Å². The normalized spacial score (nSPS) is 17.7. The molecule has 2 aliphatic rings. The van der Waals surface area contributed by atoms with E-state index in [1.54, 1.807) is 11.1 Å². The summed E-state index contributed by atoms with van der Waals surface area (Å²) in [5, 5.41) is 0.